The van der Waals surface area contributed by atoms with Crippen molar-refractivity contribution in [2.45, 2.75) is 51.9 Å². The van der Waals surface area contributed by atoms with Gasteiger partial charge in [0.2, 0.25) is 5.91 Å². The fraction of sp³-hybridized carbons (Fsp3) is 0.333. The number of amidine groups is 1. The number of carbonyl (C=O) groups excluding carboxylic acids is 2. The third-order valence-electron chi connectivity index (χ3n) is 5.89. The Morgan fingerprint density at radius 1 is 1.16 bits per heavy atom. The minimum Gasteiger partial charge on any atom is -0.459 e. The zero-order valence-corrected chi connectivity index (χ0v) is 21.9. The summed E-state index contributed by atoms with van der Waals surface area (Å²) in [6.07, 6.45) is -2.65. The number of amides is 1. The van der Waals surface area contributed by atoms with E-state index in [1.54, 1.807) is 37.3 Å². The van der Waals surface area contributed by atoms with Gasteiger partial charge in [-0.2, -0.15) is 13.2 Å². The Hall–Kier alpha value is -3.60. The molecule has 1 aromatic heterocycles. The number of ether oxygens (including phenoxy) is 1. The largest absolute Gasteiger partial charge is 0.459 e. The van der Waals surface area contributed by atoms with Gasteiger partial charge in [-0.05, 0) is 56.0 Å². The number of pyridine rings is 1. The molecule has 1 unspecified atom stereocenters. The number of carbonyl (C=O) groups is 2. The predicted molar refractivity (Wildman–Crippen MR) is 139 cm³/mol. The van der Waals surface area contributed by atoms with Crippen LogP contribution < -0.4 is 5.32 Å². The van der Waals surface area contributed by atoms with E-state index < -0.39 is 29.9 Å². The molecule has 1 aromatic carbocycles. The van der Waals surface area contributed by atoms with Gasteiger partial charge in [0.15, 0.2) is 5.17 Å². The summed E-state index contributed by atoms with van der Waals surface area (Å²) in [5.74, 6) is -0.848. The molecule has 0 saturated carbocycles. The number of alkyl halides is 3. The number of fused-ring (bicyclic) bond motifs is 1. The Labute approximate surface area is 222 Å². The summed E-state index contributed by atoms with van der Waals surface area (Å²) in [5, 5.41) is 5.19. The number of hydrogen-bond acceptors (Lipinski definition) is 7. The third-order valence-corrected chi connectivity index (χ3v) is 6.78. The van der Waals surface area contributed by atoms with Crippen molar-refractivity contribution < 1.29 is 27.5 Å². The molecule has 11 heteroatoms. The highest BCUT2D eigenvalue weighted by molar-refractivity contribution is 8.16. The van der Waals surface area contributed by atoms with Crippen LogP contribution in [0.15, 0.2) is 76.0 Å². The summed E-state index contributed by atoms with van der Waals surface area (Å²) in [5.41, 5.74) is 1.71. The molecule has 0 bridgehead atoms. The molecule has 2 aliphatic heterocycles. The van der Waals surface area contributed by atoms with Crippen LogP contribution in [0.5, 0.6) is 0 Å². The van der Waals surface area contributed by atoms with E-state index >= 15 is 0 Å². The second kappa shape index (κ2) is 11.4. The van der Waals surface area contributed by atoms with Gasteiger partial charge in [-0.15, -0.1) is 0 Å². The number of allylic oxidation sites excluding steroid dienone is 1. The molecule has 0 spiro atoms. The predicted octanol–water partition coefficient (Wildman–Crippen LogP) is 5.38. The Morgan fingerprint density at radius 3 is 2.53 bits per heavy atom. The number of thioether (sulfide) groups is 1. The van der Waals surface area contributed by atoms with E-state index in [2.05, 4.69) is 15.3 Å². The number of hydrogen-bond donors (Lipinski definition) is 1. The van der Waals surface area contributed by atoms with E-state index in [4.69, 9.17) is 4.74 Å². The van der Waals surface area contributed by atoms with E-state index in [-0.39, 0.29) is 17.9 Å². The second-order valence-corrected chi connectivity index (χ2v) is 9.90. The highest BCUT2D eigenvalue weighted by Gasteiger charge is 2.41. The van der Waals surface area contributed by atoms with Crippen molar-refractivity contribution in [3.8, 4) is 0 Å². The lowest BCUT2D eigenvalue weighted by atomic mass is 9.93. The molecule has 0 saturated heterocycles. The fourth-order valence-electron chi connectivity index (χ4n) is 4.18. The smallest absolute Gasteiger partial charge is 0.416 e. The maximum absolute atomic E-state index is 13.2. The monoisotopic (exact) mass is 544 g/mol. The lowest BCUT2D eigenvalue weighted by Gasteiger charge is -2.36. The van der Waals surface area contributed by atoms with Gasteiger partial charge >= 0.3 is 12.1 Å². The number of esters is 1. The molecule has 1 amide bonds. The SMILES string of the molecule is CC1=C(C(=O)OC(C)C)C(c2ccc(C(F)(F)F)cc2)N2C(CC(=O)NCCc3ccccn3)=CSC2=N1. The first kappa shape index (κ1) is 27.4. The van der Waals surface area contributed by atoms with Crippen LogP contribution >= 0.6 is 11.8 Å². The first-order chi connectivity index (χ1) is 18.0. The van der Waals surface area contributed by atoms with Crippen LogP contribution in [-0.4, -0.2) is 39.6 Å². The quantitative estimate of drug-likeness (QED) is 0.450. The Kier molecular flexibility index (Phi) is 8.25. The number of nitrogens with zero attached hydrogens (tertiary/aromatic N) is 3. The van der Waals surface area contributed by atoms with Crippen molar-refractivity contribution in [2.75, 3.05) is 6.54 Å². The van der Waals surface area contributed by atoms with Crippen LogP contribution in [0.4, 0.5) is 13.2 Å². The van der Waals surface area contributed by atoms with Gasteiger partial charge < -0.3 is 15.0 Å². The maximum atomic E-state index is 13.2. The topological polar surface area (TPSA) is 83.9 Å². The van der Waals surface area contributed by atoms with Gasteiger partial charge in [-0.3, -0.25) is 9.78 Å². The molecule has 2 aromatic rings. The number of aromatic nitrogens is 1. The lowest BCUT2D eigenvalue weighted by Crippen LogP contribution is -2.38. The summed E-state index contributed by atoms with van der Waals surface area (Å²) in [6.45, 7) is 5.49. The third kappa shape index (κ3) is 6.27. The zero-order chi connectivity index (χ0) is 27.4. The first-order valence-electron chi connectivity index (χ1n) is 12.0. The Balaban J connectivity index is 1.59. The Bertz CT molecular complexity index is 1290. The van der Waals surface area contributed by atoms with Crippen LogP contribution in [0.3, 0.4) is 0 Å². The highest BCUT2D eigenvalue weighted by atomic mass is 32.2. The molecule has 2 aliphatic rings. The number of halogens is 3. The van der Waals surface area contributed by atoms with Crippen molar-refractivity contribution in [3.63, 3.8) is 0 Å². The van der Waals surface area contributed by atoms with Crippen molar-refractivity contribution in [1.82, 2.24) is 15.2 Å². The summed E-state index contributed by atoms with van der Waals surface area (Å²) in [4.78, 5) is 36.5. The summed E-state index contributed by atoms with van der Waals surface area (Å²) in [6, 6.07) is 9.43. The first-order valence-corrected chi connectivity index (χ1v) is 12.9. The van der Waals surface area contributed by atoms with E-state index in [9.17, 15) is 22.8 Å². The number of nitrogens with one attached hydrogen (secondary N) is 1. The minimum absolute atomic E-state index is 0.00305. The molecule has 200 valence electrons. The van der Waals surface area contributed by atoms with Gasteiger partial charge in [0, 0.05) is 30.6 Å². The van der Waals surface area contributed by atoms with Crippen LogP contribution in [0.25, 0.3) is 0 Å². The van der Waals surface area contributed by atoms with Crippen molar-refractivity contribution in [2.24, 2.45) is 4.99 Å². The van der Waals surface area contributed by atoms with E-state index in [1.807, 2.05) is 18.2 Å². The molecule has 7 nitrogen and oxygen atoms in total. The molecular weight excluding hydrogens is 517 g/mol. The fourth-order valence-corrected chi connectivity index (χ4v) is 5.15. The molecule has 38 heavy (non-hydrogen) atoms. The number of benzene rings is 1. The average Bonchev–Trinajstić information content (AvgIpc) is 3.24. The van der Waals surface area contributed by atoms with E-state index in [0.717, 1.165) is 17.8 Å². The molecule has 1 atom stereocenters. The zero-order valence-electron chi connectivity index (χ0n) is 21.1. The lowest BCUT2D eigenvalue weighted by molar-refractivity contribution is -0.143. The molecule has 0 aliphatic carbocycles. The van der Waals surface area contributed by atoms with Crippen molar-refractivity contribution in [1.29, 1.82) is 0 Å². The standard InChI is InChI=1S/C27H27F3N4O3S/c1-16(2)37-25(36)23-17(3)33-26-34(24(23)18-7-9-19(10-8-18)27(28,29)30)21(15-38-26)14-22(35)32-13-11-20-6-4-5-12-31-20/h4-10,12,15-16,24H,11,13-14H2,1-3H3,(H,32,35). The maximum Gasteiger partial charge on any atom is 0.416 e. The Morgan fingerprint density at radius 2 is 1.89 bits per heavy atom. The second-order valence-electron chi connectivity index (χ2n) is 9.06. The van der Waals surface area contributed by atoms with Crippen LogP contribution in [0.2, 0.25) is 0 Å². The molecule has 0 fully saturated rings. The number of rotatable bonds is 8. The van der Waals surface area contributed by atoms with Gasteiger partial charge in [0.1, 0.15) is 0 Å². The van der Waals surface area contributed by atoms with E-state index in [1.165, 1.54) is 23.9 Å². The summed E-state index contributed by atoms with van der Waals surface area (Å²) >= 11 is 1.29. The molecular formula is C27H27F3N4O3S. The van der Waals surface area contributed by atoms with Crippen LogP contribution in [0.1, 0.15) is 50.1 Å². The van der Waals surface area contributed by atoms with Crippen molar-refractivity contribution >= 4 is 28.8 Å². The molecule has 3 heterocycles. The minimum atomic E-state index is -4.50. The van der Waals surface area contributed by atoms with E-state index in [0.29, 0.717) is 35.1 Å². The van der Waals surface area contributed by atoms with Gasteiger partial charge in [0.05, 0.1) is 35.4 Å². The average molecular weight is 545 g/mol. The summed E-state index contributed by atoms with van der Waals surface area (Å²) in [7, 11) is 0. The van der Waals surface area contributed by atoms with Crippen LogP contribution in [0, 0.1) is 0 Å². The molecule has 1 N–H and O–H groups in total. The number of aliphatic imine (C=N–C) groups is 1. The molecule has 0 radical (unpaired) electrons. The normalized spacial score (nSPS) is 17.2. The highest BCUT2D eigenvalue weighted by Crippen LogP contribution is 2.45. The van der Waals surface area contributed by atoms with Crippen LogP contribution in [-0.2, 0) is 26.9 Å². The summed E-state index contributed by atoms with van der Waals surface area (Å²) < 4.78 is 45.2. The van der Waals surface area contributed by atoms with Gasteiger partial charge in [-0.1, -0.05) is 30.0 Å². The molecule has 4 rings (SSSR count). The van der Waals surface area contributed by atoms with Crippen molar-refractivity contribution in [3.05, 3.63) is 87.9 Å². The van der Waals surface area contributed by atoms with Gasteiger partial charge in [0.25, 0.3) is 0 Å². The van der Waals surface area contributed by atoms with Gasteiger partial charge in [-0.25, -0.2) is 9.79 Å².